The lowest BCUT2D eigenvalue weighted by Gasteiger charge is -2.28. The summed E-state index contributed by atoms with van der Waals surface area (Å²) >= 11 is 0. The summed E-state index contributed by atoms with van der Waals surface area (Å²) in [4.78, 5) is 39.0. The number of aryl methyl sites for hydroxylation is 1. The lowest BCUT2D eigenvalue weighted by molar-refractivity contribution is -0.177. The molecular formula is C27H22N2O6. The quantitative estimate of drug-likeness (QED) is 0.195. The van der Waals surface area contributed by atoms with Gasteiger partial charge in [-0.15, -0.1) is 0 Å². The predicted molar refractivity (Wildman–Crippen MR) is 128 cm³/mol. The predicted octanol–water partition coefficient (Wildman–Crippen LogP) is 2.99. The van der Waals surface area contributed by atoms with Crippen molar-refractivity contribution in [1.82, 2.24) is 5.01 Å². The van der Waals surface area contributed by atoms with Crippen LogP contribution in [0.3, 0.4) is 0 Å². The van der Waals surface area contributed by atoms with Crippen molar-refractivity contribution < 1.29 is 29.3 Å². The zero-order valence-electron chi connectivity index (χ0n) is 19.0. The number of hydrazone groups is 1. The van der Waals surface area contributed by atoms with E-state index in [2.05, 4.69) is 5.10 Å². The van der Waals surface area contributed by atoms with Crippen LogP contribution in [0.4, 0.5) is 0 Å². The number of benzene rings is 3. The second-order valence-corrected chi connectivity index (χ2v) is 7.88. The molecular weight excluding hydrogens is 448 g/mol. The normalized spacial score (nSPS) is 18.9. The number of hydrogen-bond donors (Lipinski definition) is 2. The minimum atomic E-state index is -2.99. The largest absolute Gasteiger partial charge is 0.507 e. The highest BCUT2D eigenvalue weighted by Crippen LogP contribution is 2.37. The molecule has 176 valence electrons. The maximum atomic E-state index is 13.1. The van der Waals surface area contributed by atoms with Gasteiger partial charge in [0.15, 0.2) is 0 Å². The second kappa shape index (κ2) is 9.36. The molecule has 1 saturated heterocycles. The van der Waals surface area contributed by atoms with Crippen LogP contribution in [0, 0.1) is 6.92 Å². The SMILES string of the molecule is COC(=O)C1(O)/C(=C(\O)c2ccc(C)cc2)C(=O)C(=O)N1N=C(c1ccccc1)c1ccccc1. The van der Waals surface area contributed by atoms with Crippen LogP contribution in [-0.4, -0.2) is 51.4 Å². The topological polar surface area (TPSA) is 116 Å². The van der Waals surface area contributed by atoms with Crippen LogP contribution in [0.15, 0.2) is 95.6 Å². The number of amides is 1. The van der Waals surface area contributed by atoms with Crippen LogP contribution >= 0.6 is 0 Å². The summed E-state index contributed by atoms with van der Waals surface area (Å²) in [7, 11) is 0.991. The molecule has 1 aliphatic heterocycles. The van der Waals surface area contributed by atoms with Gasteiger partial charge in [0, 0.05) is 16.7 Å². The minimum Gasteiger partial charge on any atom is -0.507 e. The van der Waals surface area contributed by atoms with Gasteiger partial charge in [-0.25, -0.2) is 4.79 Å². The van der Waals surface area contributed by atoms with Crippen LogP contribution in [-0.2, 0) is 19.1 Å². The standard InChI is InChI=1S/C27H22N2O6/c1-17-13-15-20(16-14-17)23(30)21-24(31)25(32)29(27(21,34)26(33)35-2)28-22(18-9-5-3-6-10-18)19-11-7-4-8-12-19/h3-16,30,34H,1-2H3/b23-21-. The summed E-state index contributed by atoms with van der Waals surface area (Å²) in [5.41, 5.74) is -1.48. The number of Topliss-reactive ketones (excluding diaryl/α,β-unsaturated/α-hetero) is 1. The molecule has 1 atom stereocenters. The van der Waals surface area contributed by atoms with Gasteiger partial charge in [-0.1, -0.05) is 90.5 Å². The molecule has 1 amide bonds. The van der Waals surface area contributed by atoms with E-state index in [9.17, 15) is 24.6 Å². The van der Waals surface area contributed by atoms with E-state index < -0.39 is 34.7 Å². The second-order valence-electron chi connectivity index (χ2n) is 7.88. The Hall–Kier alpha value is -4.56. The van der Waals surface area contributed by atoms with Gasteiger partial charge in [-0.2, -0.15) is 10.1 Å². The van der Waals surface area contributed by atoms with Crippen molar-refractivity contribution in [2.24, 2.45) is 5.10 Å². The number of aliphatic hydroxyl groups excluding tert-OH is 1. The van der Waals surface area contributed by atoms with Crippen molar-refractivity contribution >= 4 is 29.1 Å². The van der Waals surface area contributed by atoms with Gasteiger partial charge in [0.25, 0.3) is 11.5 Å². The lowest BCUT2D eigenvalue weighted by atomic mass is 9.97. The van der Waals surface area contributed by atoms with Crippen molar-refractivity contribution in [3.63, 3.8) is 0 Å². The molecule has 8 nitrogen and oxygen atoms in total. The van der Waals surface area contributed by atoms with Crippen LogP contribution in [0.25, 0.3) is 5.76 Å². The number of rotatable bonds is 5. The first kappa shape index (κ1) is 23.6. The van der Waals surface area contributed by atoms with Crippen molar-refractivity contribution in [2.45, 2.75) is 12.6 Å². The molecule has 2 N–H and O–H groups in total. The van der Waals surface area contributed by atoms with Crippen molar-refractivity contribution in [2.75, 3.05) is 7.11 Å². The highest BCUT2D eigenvalue weighted by Gasteiger charge is 2.63. The van der Waals surface area contributed by atoms with E-state index in [0.29, 0.717) is 16.1 Å². The van der Waals surface area contributed by atoms with Crippen molar-refractivity contribution in [3.05, 3.63) is 113 Å². The van der Waals surface area contributed by atoms with Gasteiger partial charge < -0.3 is 14.9 Å². The molecule has 0 spiro atoms. The Morgan fingerprint density at radius 1 is 0.857 bits per heavy atom. The third-order valence-electron chi connectivity index (χ3n) is 5.60. The molecule has 0 aromatic heterocycles. The Kier molecular flexibility index (Phi) is 6.31. The van der Waals surface area contributed by atoms with Crippen LogP contribution in [0.1, 0.15) is 22.3 Å². The Morgan fingerprint density at radius 3 is 1.86 bits per heavy atom. The fraction of sp³-hybridized carbons (Fsp3) is 0.111. The molecule has 0 radical (unpaired) electrons. The minimum absolute atomic E-state index is 0.131. The van der Waals surface area contributed by atoms with Crippen LogP contribution in [0.5, 0.6) is 0 Å². The molecule has 1 aliphatic rings. The van der Waals surface area contributed by atoms with Crippen molar-refractivity contribution in [1.29, 1.82) is 0 Å². The fourth-order valence-corrected chi connectivity index (χ4v) is 3.77. The Balaban J connectivity index is 1.97. The Bertz CT molecular complexity index is 1310. The van der Waals surface area contributed by atoms with Gasteiger partial charge in [0.05, 0.1) is 12.8 Å². The van der Waals surface area contributed by atoms with E-state index in [-0.39, 0.29) is 11.3 Å². The monoisotopic (exact) mass is 470 g/mol. The molecule has 1 fully saturated rings. The molecule has 4 rings (SSSR count). The number of nitrogens with zero attached hydrogens (tertiary/aromatic N) is 2. The first-order valence-electron chi connectivity index (χ1n) is 10.7. The Morgan fingerprint density at radius 2 is 1.37 bits per heavy atom. The van der Waals surface area contributed by atoms with Crippen molar-refractivity contribution in [3.8, 4) is 0 Å². The number of esters is 1. The number of ether oxygens (including phenoxy) is 1. The number of methoxy groups -OCH3 is 1. The number of carbonyl (C=O) groups excluding carboxylic acids is 3. The van der Waals surface area contributed by atoms with E-state index >= 15 is 0 Å². The van der Waals surface area contributed by atoms with E-state index in [1.165, 1.54) is 12.1 Å². The lowest BCUT2D eigenvalue weighted by Crippen LogP contribution is -2.51. The summed E-state index contributed by atoms with van der Waals surface area (Å²) in [5, 5.41) is 27.1. The van der Waals surface area contributed by atoms with E-state index in [1.54, 1.807) is 72.8 Å². The maximum absolute atomic E-state index is 13.1. The van der Waals surface area contributed by atoms with Gasteiger partial charge in [0.2, 0.25) is 0 Å². The summed E-state index contributed by atoms with van der Waals surface area (Å²) in [5.74, 6) is -4.65. The third-order valence-corrected chi connectivity index (χ3v) is 5.60. The molecule has 3 aromatic rings. The van der Waals surface area contributed by atoms with Gasteiger partial charge in [0.1, 0.15) is 11.3 Å². The first-order chi connectivity index (χ1) is 16.8. The smallest absolute Gasteiger partial charge is 0.366 e. The van der Waals surface area contributed by atoms with E-state index in [1.807, 2.05) is 6.92 Å². The van der Waals surface area contributed by atoms with E-state index in [0.717, 1.165) is 12.7 Å². The highest BCUT2D eigenvalue weighted by atomic mass is 16.5. The average Bonchev–Trinajstić information content (AvgIpc) is 3.08. The molecule has 8 heteroatoms. The number of hydrogen-bond acceptors (Lipinski definition) is 7. The van der Waals surface area contributed by atoms with Gasteiger partial charge >= 0.3 is 11.9 Å². The summed E-state index contributed by atoms with van der Waals surface area (Å²) in [6.45, 7) is 1.83. The Labute approximate surface area is 201 Å². The molecule has 0 bridgehead atoms. The highest BCUT2D eigenvalue weighted by molar-refractivity contribution is 6.48. The molecule has 1 heterocycles. The number of ketones is 1. The third kappa shape index (κ3) is 4.11. The molecule has 0 aliphatic carbocycles. The summed E-state index contributed by atoms with van der Waals surface area (Å²) < 4.78 is 4.74. The van der Waals surface area contributed by atoms with E-state index in [4.69, 9.17) is 4.74 Å². The summed E-state index contributed by atoms with van der Waals surface area (Å²) in [6, 6.07) is 23.9. The van der Waals surface area contributed by atoms with Gasteiger partial charge in [-0.05, 0) is 6.92 Å². The zero-order valence-corrected chi connectivity index (χ0v) is 19.0. The average molecular weight is 470 g/mol. The molecule has 0 saturated carbocycles. The number of aliphatic hydroxyl groups is 2. The molecule has 3 aromatic carbocycles. The first-order valence-corrected chi connectivity index (χ1v) is 10.7. The van der Waals surface area contributed by atoms with Crippen LogP contribution in [0.2, 0.25) is 0 Å². The molecule has 1 unspecified atom stereocenters. The summed E-state index contributed by atoms with van der Waals surface area (Å²) in [6.07, 6.45) is 0. The van der Waals surface area contributed by atoms with Gasteiger partial charge in [-0.3, -0.25) is 9.59 Å². The number of carbonyl (C=O) groups is 3. The fourth-order valence-electron chi connectivity index (χ4n) is 3.77. The van der Waals surface area contributed by atoms with Crippen LogP contribution < -0.4 is 0 Å². The maximum Gasteiger partial charge on any atom is 0.366 e. The molecule has 35 heavy (non-hydrogen) atoms. The zero-order chi connectivity index (χ0) is 25.2.